The first-order chi connectivity index (χ1) is 30.1. The van der Waals surface area contributed by atoms with Crippen molar-refractivity contribution in [2.24, 2.45) is 18.0 Å². The second-order valence-corrected chi connectivity index (χ2v) is 17.7. The number of amidine groups is 1. The normalized spacial score (nSPS) is 18.1. The number of benzene rings is 3. The Bertz CT molecular complexity index is 3050. The topological polar surface area (TPSA) is 152 Å². The fourth-order valence-corrected chi connectivity index (χ4v) is 9.19. The van der Waals surface area contributed by atoms with Crippen molar-refractivity contribution < 1.29 is 52.7 Å². The molecule has 334 valence electrons. The van der Waals surface area contributed by atoms with Crippen molar-refractivity contribution in [3.63, 3.8) is 0 Å². The molecule has 0 spiro atoms. The number of amides is 1. The molecule has 2 N–H and O–H groups in total. The van der Waals surface area contributed by atoms with Gasteiger partial charge in [-0.05, 0) is 59.9 Å². The standard InChI is InChI=1S/C40H30ClF9N10O3S/c1-58-33-27(6-5-24(41)31(33)37(56-58)57-64(2,62)63)59-15-19-4-3-18(36-51-8-7-28(54-36)40(48,49)50)12-25(19)53-38(59)26(11-17-9-20(42)13-21(43)10-17)52-29(61)16-60-34-30(32(55-60)35(44)45)22-14-23(22)39(34,46)47/h3-10,12-13,22-23,26,35H,11,14-16H2,1-2H3,(H,52,61)(H,56,57)/t22-,23+,26-/m0/s1. The predicted molar refractivity (Wildman–Crippen MR) is 214 cm³/mol. The van der Waals surface area contributed by atoms with E-state index in [-0.39, 0.29) is 74.4 Å². The molecule has 1 saturated carbocycles. The van der Waals surface area contributed by atoms with Crippen LogP contribution in [0.25, 0.3) is 22.3 Å². The lowest BCUT2D eigenvalue weighted by Gasteiger charge is -2.36. The molecule has 1 fully saturated rings. The second kappa shape index (κ2) is 15.2. The largest absolute Gasteiger partial charge is 0.433 e. The van der Waals surface area contributed by atoms with Gasteiger partial charge in [-0.15, -0.1) is 0 Å². The number of aliphatic imine (C=N–C) groups is 1. The molecule has 0 unspecified atom stereocenters. The van der Waals surface area contributed by atoms with Crippen molar-refractivity contribution in [1.29, 1.82) is 0 Å². The van der Waals surface area contributed by atoms with E-state index < -0.39 is 94.0 Å². The van der Waals surface area contributed by atoms with Gasteiger partial charge < -0.3 is 10.2 Å². The molecule has 6 aromatic rings. The number of nitrogens with zero attached hydrogens (tertiary/aromatic N) is 8. The highest BCUT2D eigenvalue weighted by Crippen LogP contribution is 2.68. The molecule has 9 rings (SSSR count). The fraction of sp³-hybridized carbons (Fsp3) is 0.300. The van der Waals surface area contributed by atoms with E-state index >= 15 is 8.78 Å². The van der Waals surface area contributed by atoms with Crippen molar-refractivity contribution in [3.05, 3.63) is 111 Å². The summed E-state index contributed by atoms with van der Waals surface area (Å²) in [6.07, 6.45) is -6.67. The Hall–Kier alpha value is -6.23. The molecule has 64 heavy (non-hydrogen) atoms. The van der Waals surface area contributed by atoms with Crippen LogP contribution in [-0.2, 0) is 53.5 Å². The van der Waals surface area contributed by atoms with Crippen LogP contribution in [-0.4, -0.2) is 62.0 Å². The maximum Gasteiger partial charge on any atom is 0.433 e. The lowest BCUT2D eigenvalue weighted by molar-refractivity contribution is -0.141. The Morgan fingerprint density at radius 3 is 2.45 bits per heavy atom. The Kier molecular flexibility index (Phi) is 10.2. The summed E-state index contributed by atoms with van der Waals surface area (Å²) in [6, 6.07) is 9.11. The van der Waals surface area contributed by atoms with E-state index in [9.17, 15) is 43.9 Å². The number of carbonyl (C=O) groups is 1. The van der Waals surface area contributed by atoms with Gasteiger partial charge in [-0.3, -0.25) is 18.9 Å². The maximum atomic E-state index is 15.5. The van der Waals surface area contributed by atoms with Gasteiger partial charge in [0.2, 0.25) is 15.9 Å². The Morgan fingerprint density at radius 2 is 1.77 bits per heavy atom. The fourth-order valence-electron chi connectivity index (χ4n) is 8.45. The van der Waals surface area contributed by atoms with Crippen LogP contribution in [0, 0.1) is 17.6 Å². The molecular weight excluding hydrogens is 907 g/mol. The van der Waals surface area contributed by atoms with E-state index in [0.29, 0.717) is 22.4 Å². The van der Waals surface area contributed by atoms with Crippen LogP contribution in [0.2, 0.25) is 5.02 Å². The molecule has 3 aromatic heterocycles. The number of hydrogen-bond donors (Lipinski definition) is 2. The Balaban J connectivity index is 1.20. The average molecular weight is 937 g/mol. The monoisotopic (exact) mass is 936 g/mol. The summed E-state index contributed by atoms with van der Waals surface area (Å²) < 4.78 is 159. The highest BCUT2D eigenvalue weighted by atomic mass is 35.5. The van der Waals surface area contributed by atoms with Crippen molar-refractivity contribution >= 4 is 61.5 Å². The number of carbonyl (C=O) groups excluding carboxylic acids is 1. The molecule has 0 radical (unpaired) electrons. The van der Waals surface area contributed by atoms with Gasteiger partial charge in [0, 0.05) is 42.8 Å². The number of aryl methyl sites for hydroxylation is 1. The summed E-state index contributed by atoms with van der Waals surface area (Å²) in [7, 11) is -2.42. The number of fused-ring (bicyclic) bond motifs is 5. The molecule has 3 aromatic carbocycles. The number of sulfonamides is 1. The van der Waals surface area contributed by atoms with Crippen LogP contribution < -0.4 is 14.9 Å². The van der Waals surface area contributed by atoms with Crippen molar-refractivity contribution in [2.45, 2.75) is 56.4 Å². The van der Waals surface area contributed by atoms with Crippen LogP contribution in [0.5, 0.6) is 0 Å². The first-order valence-electron chi connectivity index (χ1n) is 19.1. The molecule has 0 bridgehead atoms. The summed E-state index contributed by atoms with van der Waals surface area (Å²) in [5.41, 5.74) is -2.13. The summed E-state index contributed by atoms with van der Waals surface area (Å²) in [4.78, 5) is 28.2. The quantitative estimate of drug-likeness (QED) is 0.124. The number of nitrogens with one attached hydrogen (secondary N) is 2. The molecule has 0 saturated heterocycles. The van der Waals surface area contributed by atoms with Gasteiger partial charge in [0.25, 0.3) is 12.3 Å². The van der Waals surface area contributed by atoms with Gasteiger partial charge >= 0.3 is 6.18 Å². The highest BCUT2D eigenvalue weighted by molar-refractivity contribution is 7.92. The van der Waals surface area contributed by atoms with Crippen LogP contribution >= 0.6 is 11.6 Å². The zero-order chi connectivity index (χ0) is 45.8. The van der Waals surface area contributed by atoms with E-state index in [2.05, 4.69) is 30.2 Å². The van der Waals surface area contributed by atoms with E-state index in [1.54, 1.807) is 0 Å². The van der Waals surface area contributed by atoms with E-state index in [4.69, 9.17) is 16.6 Å². The predicted octanol–water partition coefficient (Wildman–Crippen LogP) is 8.17. The molecule has 13 nitrogen and oxygen atoms in total. The van der Waals surface area contributed by atoms with E-state index in [1.807, 2.05) is 0 Å². The first kappa shape index (κ1) is 43.0. The summed E-state index contributed by atoms with van der Waals surface area (Å²) in [6.45, 7) is -1.13. The zero-order valence-electron chi connectivity index (χ0n) is 32.9. The molecule has 24 heteroatoms. The molecule has 3 atom stereocenters. The lowest BCUT2D eigenvalue weighted by Crippen LogP contribution is -2.51. The van der Waals surface area contributed by atoms with Crippen LogP contribution in [0.3, 0.4) is 0 Å². The van der Waals surface area contributed by atoms with Crippen LogP contribution in [0.1, 0.15) is 52.5 Å². The summed E-state index contributed by atoms with van der Waals surface area (Å²) in [5.74, 6) is -9.25. The summed E-state index contributed by atoms with van der Waals surface area (Å²) in [5, 5.41) is 10.9. The number of hydrogen-bond acceptors (Lipinski definition) is 9. The van der Waals surface area contributed by atoms with Gasteiger partial charge in [-0.25, -0.2) is 40.9 Å². The van der Waals surface area contributed by atoms with Gasteiger partial charge in [0.1, 0.15) is 41.1 Å². The SMILES string of the molecule is Cn1nc(NS(C)(=O)=O)c2c(Cl)ccc(N3Cc4ccc(-c5nccc(C(F)(F)F)n5)cc4N=C3[C@H](Cc3cc(F)cc(F)c3)NC(=O)Cn3nc(C(F)F)c4c3C(F)(F)[C@@H]3C[C@H]43)c21. The zero-order valence-corrected chi connectivity index (χ0v) is 34.5. The minimum atomic E-state index is -4.81. The number of anilines is 2. The van der Waals surface area contributed by atoms with Gasteiger partial charge in [0.15, 0.2) is 11.6 Å². The van der Waals surface area contributed by atoms with Gasteiger partial charge in [-0.1, -0.05) is 23.7 Å². The molecule has 1 aliphatic heterocycles. The number of halogens is 10. The van der Waals surface area contributed by atoms with E-state index in [0.717, 1.165) is 24.6 Å². The molecule has 4 heterocycles. The Labute approximate surface area is 361 Å². The minimum absolute atomic E-state index is 0.0247. The molecule has 1 amide bonds. The second-order valence-electron chi connectivity index (χ2n) is 15.6. The third-order valence-electron chi connectivity index (χ3n) is 11.1. The third kappa shape index (κ3) is 7.77. The number of alkyl halides is 7. The average Bonchev–Trinajstić information content (AvgIpc) is 3.75. The third-order valence-corrected chi connectivity index (χ3v) is 12.0. The van der Waals surface area contributed by atoms with Crippen LogP contribution in [0.15, 0.2) is 65.8 Å². The van der Waals surface area contributed by atoms with Crippen LogP contribution in [0.4, 0.5) is 56.7 Å². The van der Waals surface area contributed by atoms with Crippen molar-refractivity contribution in [3.8, 4) is 11.4 Å². The summed E-state index contributed by atoms with van der Waals surface area (Å²) >= 11 is 6.63. The van der Waals surface area contributed by atoms with Gasteiger partial charge in [-0.2, -0.15) is 32.1 Å². The lowest BCUT2D eigenvalue weighted by atomic mass is 9.99. The number of aromatic nitrogens is 6. The first-order valence-corrected chi connectivity index (χ1v) is 21.4. The molecule has 3 aliphatic rings. The van der Waals surface area contributed by atoms with E-state index in [1.165, 1.54) is 47.0 Å². The Morgan fingerprint density at radius 1 is 1.03 bits per heavy atom. The smallest absolute Gasteiger partial charge is 0.344 e. The van der Waals surface area contributed by atoms with Crippen molar-refractivity contribution in [2.75, 3.05) is 15.9 Å². The maximum absolute atomic E-state index is 15.5. The minimum Gasteiger partial charge on any atom is -0.344 e. The molecular formula is C40H30ClF9N10O3S. The van der Waals surface area contributed by atoms with Gasteiger partial charge in [0.05, 0.1) is 46.1 Å². The molecule has 2 aliphatic carbocycles. The number of rotatable bonds is 11. The van der Waals surface area contributed by atoms with Crippen molar-refractivity contribution in [1.82, 2.24) is 34.8 Å². The highest BCUT2D eigenvalue weighted by Gasteiger charge is 2.67.